The third-order valence-electron chi connectivity index (χ3n) is 4.48. The highest BCUT2D eigenvalue weighted by molar-refractivity contribution is 5.94. The average molecular weight is 339 g/mol. The summed E-state index contributed by atoms with van der Waals surface area (Å²) in [6.45, 7) is 0.397. The molecule has 0 unspecified atom stereocenters. The first-order chi connectivity index (χ1) is 12.0. The molecule has 0 aliphatic rings. The molecule has 1 N–H and O–H groups in total. The summed E-state index contributed by atoms with van der Waals surface area (Å²) < 4.78 is 15.9. The normalized spacial score (nSPS) is 12.5. The molecule has 0 saturated heterocycles. The molecular formula is C20H22FN3O. The number of nitrogens with zero attached hydrogens (tertiary/aromatic N) is 2. The lowest BCUT2D eigenvalue weighted by atomic mass is 10.0. The van der Waals surface area contributed by atoms with Gasteiger partial charge in [0.1, 0.15) is 5.82 Å². The Morgan fingerprint density at radius 1 is 1.16 bits per heavy atom. The fourth-order valence-electron chi connectivity index (χ4n) is 3.14. The van der Waals surface area contributed by atoms with Gasteiger partial charge in [-0.3, -0.25) is 4.79 Å². The van der Waals surface area contributed by atoms with E-state index in [1.165, 1.54) is 12.1 Å². The van der Waals surface area contributed by atoms with Crippen molar-refractivity contribution in [2.24, 2.45) is 7.05 Å². The Kier molecular flexibility index (Phi) is 4.86. The maximum Gasteiger partial charge on any atom is 0.254 e. The summed E-state index contributed by atoms with van der Waals surface area (Å²) in [5.41, 5.74) is 2.35. The van der Waals surface area contributed by atoms with Gasteiger partial charge < -0.3 is 14.8 Å². The minimum absolute atomic E-state index is 0.0122. The molecule has 4 nitrogen and oxygen atoms in total. The van der Waals surface area contributed by atoms with Crippen LogP contribution in [0.5, 0.6) is 0 Å². The molecule has 1 amide bonds. The number of carbonyl (C=O) groups excluding carboxylic acids is 1. The van der Waals surface area contributed by atoms with Crippen LogP contribution in [0.15, 0.2) is 54.7 Å². The van der Waals surface area contributed by atoms with Crippen molar-refractivity contribution in [2.75, 3.05) is 20.6 Å². The third kappa shape index (κ3) is 3.42. The van der Waals surface area contributed by atoms with E-state index in [-0.39, 0.29) is 11.6 Å². The topological polar surface area (TPSA) is 37.3 Å². The monoisotopic (exact) mass is 339 g/mol. The zero-order valence-electron chi connectivity index (χ0n) is 14.7. The molecule has 1 heterocycles. The molecule has 0 radical (unpaired) electrons. The first kappa shape index (κ1) is 17.2. The largest absolute Gasteiger partial charge is 0.350 e. The van der Waals surface area contributed by atoms with Crippen molar-refractivity contribution in [2.45, 2.75) is 6.04 Å². The maximum absolute atomic E-state index is 13.8. The number of aryl methyl sites for hydroxylation is 1. The number of hydrogen-bond donors (Lipinski definition) is 1. The van der Waals surface area contributed by atoms with E-state index in [1.807, 2.05) is 33.3 Å². The Morgan fingerprint density at radius 2 is 1.84 bits per heavy atom. The van der Waals surface area contributed by atoms with E-state index in [0.717, 1.165) is 16.5 Å². The Balaban J connectivity index is 1.85. The van der Waals surface area contributed by atoms with Crippen molar-refractivity contribution < 1.29 is 9.18 Å². The Labute approximate surface area is 146 Å². The number of rotatable bonds is 5. The van der Waals surface area contributed by atoms with Crippen LogP contribution in [0.3, 0.4) is 0 Å². The standard InChI is InChI=1S/C20H22FN3O/c1-23(2)19(12-22-20(25)15-9-4-6-10-17(15)21)16-13-24(3)18-11-7-5-8-14(16)18/h4-11,13,19H,12H2,1-3H3,(H,22,25)/t19-/m0/s1. The van der Waals surface area contributed by atoms with Crippen LogP contribution in [-0.2, 0) is 7.05 Å². The summed E-state index contributed by atoms with van der Waals surface area (Å²) in [7, 11) is 5.96. The summed E-state index contributed by atoms with van der Waals surface area (Å²) in [6.07, 6.45) is 2.09. The number of amides is 1. The number of likely N-dealkylation sites (N-methyl/N-ethyl adjacent to an activating group) is 1. The zero-order chi connectivity index (χ0) is 18.0. The van der Waals surface area contributed by atoms with Gasteiger partial charge >= 0.3 is 0 Å². The first-order valence-corrected chi connectivity index (χ1v) is 8.22. The second-order valence-electron chi connectivity index (χ2n) is 6.38. The molecule has 5 heteroatoms. The summed E-state index contributed by atoms with van der Waals surface area (Å²) in [5, 5.41) is 4.02. The lowest BCUT2D eigenvalue weighted by Gasteiger charge is -2.24. The highest BCUT2D eigenvalue weighted by Gasteiger charge is 2.21. The van der Waals surface area contributed by atoms with E-state index in [1.54, 1.807) is 12.1 Å². The van der Waals surface area contributed by atoms with Crippen LogP contribution in [0.25, 0.3) is 10.9 Å². The maximum atomic E-state index is 13.8. The fraction of sp³-hybridized carbons (Fsp3) is 0.250. The smallest absolute Gasteiger partial charge is 0.254 e. The molecule has 0 aliphatic carbocycles. The summed E-state index contributed by atoms with van der Waals surface area (Å²) >= 11 is 0. The number of carbonyl (C=O) groups is 1. The molecule has 0 aliphatic heterocycles. The Morgan fingerprint density at radius 3 is 2.56 bits per heavy atom. The van der Waals surface area contributed by atoms with Crippen LogP contribution in [0.4, 0.5) is 4.39 Å². The van der Waals surface area contributed by atoms with E-state index < -0.39 is 11.7 Å². The Hall–Kier alpha value is -2.66. The molecule has 0 bridgehead atoms. The SMILES string of the molecule is CN(C)[C@@H](CNC(=O)c1ccccc1F)c1cn(C)c2ccccc12. The number of hydrogen-bond acceptors (Lipinski definition) is 2. The zero-order valence-corrected chi connectivity index (χ0v) is 14.7. The molecule has 130 valence electrons. The number of halogens is 1. The van der Waals surface area contributed by atoms with Gasteiger partial charge in [0.2, 0.25) is 0 Å². The number of aromatic nitrogens is 1. The molecule has 3 aromatic rings. The van der Waals surface area contributed by atoms with Gasteiger partial charge in [0.25, 0.3) is 5.91 Å². The minimum atomic E-state index is -0.508. The van der Waals surface area contributed by atoms with Crippen molar-refractivity contribution in [1.82, 2.24) is 14.8 Å². The van der Waals surface area contributed by atoms with Crippen LogP contribution < -0.4 is 5.32 Å². The third-order valence-corrected chi connectivity index (χ3v) is 4.48. The van der Waals surface area contributed by atoms with E-state index in [2.05, 4.69) is 33.1 Å². The minimum Gasteiger partial charge on any atom is -0.350 e. The van der Waals surface area contributed by atoms with E-state index in [9.17, 15) is 9.18 Å². The van der Waals surface area contributed by atoms with Crippen molar-refractivity contribution >= 4 is 16.8 Å². The van der Waals surface area contributed by atoms with E-state index >= 15 is 0 Å². The van der Waals surface area contributed by atoms with Crippen molar-refractivity contribution in [3.8, 4) is 0 Å². The lowest BCUT2D eigenvalue weighted by molar-refractivity contribution is 0.0938. The van der Waals surface area contributed by atoms with Gasteiger partial charge in [0.15, 0.2) is 0 Å². The second-order valence-corrected chi connectivity index (χ2v) is 6.38. The lowest BCUT2D eigenvalue weighted by Crippen LogP contribution is -2.34. The van der Waals surface area contributed by atoms with E-state index in [0.29, 0.717) is 6.54 Å². The number of fused-ring (bicyclic) bond motifs is 1. The molecule has 1 atom stereocenters. The number of nitrogens with one attached hydrogen (secondary N) is 1. The summed E-state index contributed by atoms with van der Waals surface area (Å²) in [4.78, 5) is 14.4. The van der Waals surface area contributed by atoms with Crippen LogP contribution in [0.1, 0.15) is 22.0 Å². The van der Waals surface area contributed by atoms with Crippen LogP contribution in [0, 0.1) is 5.82 Å². The van der Waals surface area contributed by atoms with E-state index in [4.69, 9.17) is 0 Å². The van der Waals surface area contributed by atoms with Gasteiger partial charge in [0.05, 0.1) is 11.6 Å². The van der Waals surface area contributed by atoms with Gasteiger partial charge in [-0.2, -0.15) is 0 Å². The van der Waals surface area contributed by atoms with Crippen molar-refractivity contribution in [3.05, 3.63) is 71.7 Å². The Bertz CT molecular complexity index is 901. The molecule has 0 fully saturated rings. The fourth-order valence-corrected chi connectivity index (χ4v) is 3.14. The molecule has 25 heavy (non-hydrogen) atoms. The molecule has 0 saturated carbocycles. The van der Waals surface area contributed by atoms with Crippen LogP contribution in [-0.4, -0.2) is 36.0 Å². The number of para-hydroxylation sites is 1. The summed E-state index contributed by atoms with van der Waals surface area (Å²) in [5.74, 6) is -0.906. The predicted octanol–water partition coefficient (Wildman–Crippen LogP) is 3.35. The average Bonchev–Trinajstić information content (AvgIpc) is 2.92. The first-order valence-electron chi connectivity index (χ1n) is 8.22. The van der Waals surface area contributed by atoms with Crippen LogP contribution >= 0.6 is 0 Å². The van der Waals surface area contributed by atoms with Gasteiger partial charge in [-0.05, 0) is 37.9 Å². The van der Waals surface area contributed by atoms with Gasteiger partial charge in [0, 0.05) is 30.7 Å². The van der Waals surface area contributed by atoms with Crippen LogP contribution in [0.2, 0.25) is 0 Å². The van der Waals surface area contributed by atoms with Gasteiger partial charge in [-0.15, -0.1) is 0 Å². The predicted molar refractivity (Wildman–Crippen MR) is 98.1 cm³/mol. The quantitative estimate of drug-likeness (QED) is 0.774. The number of benzene rings is 2. The van der Waals surface area contributed by atoms with Crippen molar-refractivity contribution in [1.29, 1.82) is 0 Å². The molecule has 0 spiro atoms. The highest BCUT2D eigenvalue weighted by Crippen LogP contribution is 2.28. The molecule has 2 aromatic carbocycles. The molecule has 1 aromatic heterocycles. The summed E-state index contributed by atoms with van der Waals surface area (Å²) in [6, 6.07) is 14.2. The second kappa shape index (κ2) is 7.07. The molecular weight excluding hydrogens is 317 g/mol. The van der Waals surface area contributed by atoms with Gasteiger partial charge in [-0.25, -0.2) is 4.39 Å². The van der Waals surface area contributed by atoms with Gasteiger partial charge in [-0.1, -0.05) is 30.3 Å². The molecule has 3 rings (SSSR count). The highest BCUT2D eigenvalue weighted by atomic mass is 19.1. The van der Waals surface area contributed by atoms with Crippen molar-refractivity contribution in [3.63, 3.8) is 0 Å².